The molecule has 0 unspecified atom stereocenters. The van der Waals surface area contributed by atoms with Gasteiger partial charge in [0.2, 0.25) is 0 Å². The number of esters is 1. The van der Waals surface area contributed by atoms with Crippen molar-refractivity contribution < 1.29 is 14.3 Å². The van der Waals surface area contributed by atoms with Gasteiger partial charge in [0.05, 0.1) is 5.56 Å². The zero-order chi connectivity index (χ0) is 17.8. The molecule has 1 aliphatic rings. The number of halogens is 2. The maximum atomic E-state index is 12.3. The highest BCUT2D eigenvalue weighted by Gasteiger charge is 2.20. The first-order valence-electron chi connectivity index (χ1n) is 7.97. The second-order valence-corrected chi connectivity index (χ2v) is 7.33. The molecule has 0 saturated heterocycles. The topological polar surface area (TPSA) is 68.3 Å². The van der Waals surface area contributed by atoms with Crippen molar-refractivity contribution in [2.24, 2.45) is 0 Å². The summed E-state index contributed by atoms with van der Waals surface area (Å²) < 4.78 is 9.38. The lowest BCUT2D eigenvalue weighted by Gasteiger charge is -2.21. The number of hydrogen-bond donors (Lipinski definition) is 1. The van der Waals surface area contributed by atoms with Gasteiger partial charge in [0.15, 0.2) is 5.15 Å². The van der Waals surface area contributed by atoms with Crippen LogP contribution in [-0.4, -0.2) is 22.4 Å². The molecule has 1 heterocycles. The Morgan fingerprint density at radius 2 is 1.96 bits per heavy atom. The minimum atomic E-state index is -0.424. The largest absolute Gasteiger partial charge is 0.459 e. The predicted molar refractivity (Wildman–Crippen MR) is 98.8 cm³/mol. The van der Waals surface area contributed by atoms with Crippen molar-refractivity contribution in [1.82, 2.24) is 4.37 Å². The lowest BCUT2D eigenvalue weighted by Crippen LogP contribution is -2.21. The Hall–Kier alpha value is -1.63. The highest BCUT2D eigenvalue weighted by molar-refractivity contribution is 7.09. The minimum Gasteiger partial charge on any atom is -0.459 e. The molecule has 0 atom stereocenters. The van der Waals surface area contributed by atoms with Gasteiger partial charge in [0.1, 0.15) is 16.0 Å². The number of nitrogens with zero attached hydrogens (tertiary/aromatic N) is 1. The van der Waals surface area contributed by atoms with Crippen LogP contribution in [0.1, 0.15) is 52.1 Å². The highest BCUT2D eigenvalue weighted by atomic mass is 35.5. The summed E-state index contributed by atoms with van der Waals surface area (Å²) in [6.45, 7) is 0. The van der Waals surface area contributed by atoms with Gasteiger partial charge in [-0.2, -0.15) is 4.37 Å². The fourth-order valence-electron chi connectivity index (χ4n) is 2.71. The SMILES string of the molecule is O=C(OC1CCCCC1)c1cccc(NC(=O)c2snc(Cl)c2Cl)c1. The van der Waals surface area contributed by atoms with Gasteiger partial charge in [-0.05, 0) is 55.4 Å². The Morgan fingerprint density at radius 3 is 2.64 bits per heavy atom. The smallest absolute Gasteiger partial charge is 0.338 e. The highest BCUT2D eigenvalue weighted by Crippen LogP contribution is 2.29. The van der Waals surface area contributed by atoms with Gasteiger partial charge in [-0.15, -0.1) is 0 Å². The standard InChI is InChI=1S/C17H16Cl2N2O3S/c18-13-14(25-21-15(13)19)16(22)20-11-6-4-5-10(9-11)17(23)24-12-7-2-1-3-8-12/h4-6,9,12H,1-3,7-8H2,(H,20,22). The molecule has 1 aromatic heterocycles. The van der Waals surface area contributed by atoms with E-state index >= 15 is 0 Å². The maximum Gasteiger partial charge on any atom is 0.338 e. The lowest BCUT2D eigenvalue weighted by molar-refractivity contribution is 0.0211. The summed E-state index contributed by atoms with van der Waals surface area (Å²) in [7, 11) is 0. The fraction of sp³-hybridized carbons (Fsp3) is 0.353. The van der Waals surface area contributed by atoms with Gasteiger partial charge in [0, 0.05) is 5.69 Å². The average Bonchev–Trinajstić information content (AvgIpc) is 2.95. The fourth-order valence-corrected chi connectivity index (χ4v) is 3.82. The second-order valence-electron chi connectivity index (χ2n) is 5.82. The van der Waals surface area contributed by atoms with E-state index in [-0.39, 0.29) is 27.1 Å². The van der Waals surface area contributed by atoms with Crippen molar-refractivity contribution in [3.05, 3.63) is 44.9 Å². The van der Waals surface area contributed by atoms with Gasteiger partial charge >= 0.3 is 5.97 Å². The van der Waals surface area contributed by atoms with Crippen LogP contribution in [0, 0.1) is 0 Å². The van der Waals surface area contributed by atoms with Gasteiger partial charge in [-0.25, -0.2) is 4.79 Å². The van der Waals surface area contributed by atoms with Crippen molar-refractivity contribution >= 4 is 52.3 Å². The van der Waals surface area contributed by atoms with Gasteiger partial charge in [-0.3, -0.25) is 4.79 Å². The van der Waals surface area contributed by atoms with E-state index in [4.69, 9.17) is 27.9 Å². The maximum absolute atomic E-state index is 12.3. The number of carbonyl (C=O) groups is 2. The first kappa shape index (κ1) is 18.2. The molecule has 1 aliphatic carbocycles. The normalized spacial score (nSPS) is 15.0. The Balaban J connectivity index is 1.67. The number of anilines is 1. The lowest BCUT2D eigenvalue weighted by atomic mass is 9.98. The summed E-state index contributed by atoms with van der Waals surface area (Å²) in [5.41, 5.74) is 0.875. The van der Waals surface area contributed by atoms with E-state index in [2.05, 4.69) is 9.69 Å². The van der Waals surface area contributed by atoms with E-state index in [0.717, 1.165) is 37.2 Å². The molecule has 1 amide bonds. The Morgan fingerprint density at radius 1 is 1.20 bits per heavy atom. The molecular weight excluding hydrogens is 383 g/mol. The van der Waals surface area contributed by atoms with Crippen LogP contribution in [0.15, 0.2) is 24.3 Å². The summed E-state index contributed by atoms with van der Waals surface area (Å²) in [6, 6.07) is 6.62. The van der Waals surface area contributed by atoms with Crippen LogP contribution in [0.3, 0.4) is 0 Å². The molecule has 0 bridgehead atoms. The second kappa shape index (κ2) is 8.17. The van der Waals surface area contributed by atoms with E-state index in [1.165, 1.54) is 6.42 Å². The van der Waals surface area contributed by atoms with Crippen molar-refractivity contribution in [1.29, 1.82) is 0 Å². The number of carbonyl (C=O) groups excluding carboxylic acids is 2. The number of amides is 1. The molecule has 25 heavy (non-hydrogen) atoms. The monoisotopic (exact) mass is 398 g/mol. The molecule has 3 rings (SSSR count). The molecule has 1 aromatic carbocycles. The Labute approximate surface area is 159 Å². The van der Waals surface area contributed by atoms with Crippen molar-refractivity contribution in [3.63, 3.8) is 0 Å². The molecule has 1 N–H and O–H groups in total. The molecule has 1 fully saturated rings. The number of nitrogens with one attached hydrogen (secondary N) is 1. The molecule has 0 radical (unpaired) electrons. The quantitative estimate of drug-likeness (QED) is 0.719. The van der Waals surface area contributed by atoms with Crippen LogP contribution in [-0.2, 0) is 4.74 Å². The molecule has 8 heteroatoms. The summed E-state index contributed by atoms with van der Waals surface area (Å²) in [5, 5.41) is 2.91. The number of hydrogen-bond acceptors (Lipinski definition) is 5. The number of aromatic nitrogens is 1. The van der Waals surface area contributed by atoms with Crippen LogP contribution in [0.4, 0.5) is 5.69 Å². The molecule has 132 valence electrons. The van der Waals surface area contributed by atoms with Crippen LogP contribution < -0.4 is 5.32 Å². The van der Waals surface area contributed by atoms with E-state index < -0.39 is 5.91 Å². The van der Waals surface area contributed by atoms with Gasteiger partial charge in [-0.1, -0.05) is 35.7 Å². The van der Waals surface area contributed by atoms with Crippen molar-refractivity contribution in [3.8, 4) is 0 Å². The van der Waals surface area contributed by atoms with E-state index in [1.807, 2.05) is 0 Å². The summed E-state index contributed by atoms with van der Waals surface area (Å²) in [6.07, 6.45) is 5.18. The van der Waals surface area contributed by atoms with E-state index in [9.17, 15) is 9.59 Å². The minimum absolute atomic E-state index is 0.0161. The number of rotatable bonds is 4. The summed E-state index contributed by atoms with van der Waals surface area (Å²) in [5.74, 6) is -0.797. The van der Waals surface area contributed by atoms with Gasteiger partial charge in [0.25, 0.3) is 5.91 Å². The molecule has 5 nitrogen and oxygen atoms in total. The summed E-state index contributed by atoms with van der Waals surface area (Å²) in [4.78, 5) is 24.8. The summed E-state index contributed by atoms with van der Waals surface area (Å²) >= 11 is 12.6. The zero-order valence-corrected chi connectivity index (χ0v) is 15.6. The van der Waals surface area contributed by atoms with E-state index in [1.54, 1.807) is 24.3 Å². The molecule has 1 saturated carbocycles. The predicted octanol–water partition coefficient (Wildman–Crippen LogP) is 5.19. The first-order chi connectivity index (χ1) is 12.0. The third-order valence-electron chi connectivity index (χ3n) is 3.99. The van der Waals surface area contributed by atoms with Crippen LogP contribution >= 0.6 is 34.7 Å². The van der Waals surface area contributed by atoms with Gasteiger partial charge < -0.3 is 10.1 Å². The van der Waals surface area contributed by atoms with E-state index in [0.29, 0.717) is 11.3 Å². The molecule has 0 aliphatic heterocycles. The first-order valence-corrected chi connectivity index (χ1v) is 9.50. The van der Waals surface area contributed by atoms with Crippen molar-refractivity contribution in [2.75, 3.05) is 5.32 Å². The Bertz CT molecular complexity index is 788. The molecule has 0 spiro atoms. The number of benzene rings is 1. The van der Waals surface area contributed by atoms with Crippen LogP contribution in [0.25, 0.3) is 0 Å². The number of ether oxygens (including phenoxy) is 1. The van der Waals surface area contributed by atoms with Crippen molar-refractivity contribution in [2.45, 2.75) is 38.2 Å². The van der Waals surface area contributed by atoms with Crippen LogP contribution in [0.5, 0.6) is 0 Å². The third kappa shape index (κ3) is 4.51. The Kier molecular flexibility index (Phi) is 5.93. The average molecular weight is 399 g/mol. The molecule has 2 aromatic rings. The third-order valence-corrected chi connectivity index (χ3v) is 5.78. The van der Waals surface area contributed by atoms with Crippen LogP contribution in [0.2, 0.25) is 10.2 Å². The zero-order valence-electron chi connectivity index (χ0n) is 13.3. The molecular formula is C17H16Cl2N2O3S.